The third-order valence-electron chi connectivity index (χ3n) is 3.90. The molecule has 2 aliphatic rings. The van der Waals surface area contributed by atoms with Crippen molar-refractivity contribution in [1.82, 2.24) is 9.97 Å². The number of hydrogen-bond donors (Lipinski definition) is 0. The molecule has 4 rings (SSSR count). The summed E-state index contributed by atoms with van der Waals surface area (Å²) in [5.41, 5.74) is 0.799. The number of hydrazone groups is 1. The van der Waals surface area contributed by atoms with Gasteiger partial charge in [0.05, 0.1) is 32.7 Å². The highest BCUT2D eigenvalue weighted by Gasteiger charge is 2.23. The summed E-state index contributed by atoms with van der Waals surface area (Å²) in [6.45, 7) is 2.20. The third-order valence-corrected chi connectivity index (χ3v) is 3.90. The average molecular weight is 345 g/mol. The van der Waals surface area contributed by atoms with Crippen LogP contribution < -0.4 is 19.6 Å². The largest absolute Gasteiger partial charge is 0.497 e. The van der Waals surface area contributed by atoms with E-state index in [2.05, 4.69) is 15.1 Å². The first-order valence-corrected chi connectivity index (χ1v) is 7.80. The van der Waals surface area contributed by atoms with E-state index in [4.69, 9.17) is 14.3 Å². The predicted octanol–water partition coefficient (Wildman–Crippen LogP) is 1.61. The van der Waals surface area contributed by atoms with Crippen LogP contribution >= 0.6 is 0 Å². The Balaban J connectivity index is 1.62. The number of rotatable bonds is 3. The number of hydrogen-bond acceptors (Lipinski definition) is 8. The van der Waals surface area contributed by atoms with Crippen LogP contribution in [0.2, 0.25) is 0 Å². The Morgan fingerprint density at radius 2 is 2.08 bits per heavy atom. The van der Waals surface area contributed by atoms with E-state index in [9.17, 15) is 4.39 Å². The van der Waals surface area contributed by atoms with Crippen LogP contribution in [-0.2, 0) is 4.74 Å². The number of methoxy groups -OCH3 is 1. The van der Waals surface area contributed by atoms with Gasteiger partial charge >= 0.3 is 0 Å². The van der Waals surface area contributed by atoms with Crippen molar-refractivity contribution in [3.63, 3.8) is 0 Å². The molecule has 9 heteroatoms. The van der Waals surface area contributed by atoms with E-state index in [1.54, 1.807) is 19.4 Å². The lowest BCUT2D eigenvalue weighted by Gasteiger charge is -2.28. The molecular weight excluding hydrogens is 329 g/mol. The van der Waals surface area contributed by atoms with Crippen molar-refractivity contribution in [2.45, 2.75) is 0 Å². The number of aromatic nitrogens is 2. The fraction of sp³-hybridized carbons (Fsp3) is 0.312. The van der Waals surface area contributed by atoms with Gasteiger partial charge in [-0.05, 0) is 12.1 Å². The maximum atomic E-state index is 14.1. The summed E-state index contributed by atoms with van der Waals surface area (Å²) in [6, 6.07) is 5.38. The Morgan fingerprint density at radius 3 is 2.88 bits per heavy atom. The molecule has 0 amide bonds. The molecule has 3 heterocycles. The second-order valence-corrected chi connectivity index (χ2v) is 5.45. The Morgan fingerprint density at radius 1 is 1.24 bits per heavy atom. The predicted molar refractivity (Wildman–Crippen MR) is 88.7 cm³/mol. The molecule has 1 saturated heterocycles. The van der Waals surface area contributed by atoms with E-state index >= 15 is 0 Å². The van der Waals surface area contributed by atoms with Crippen LogP contribution in [0.4, 0.5) is 16.2 Å². The van der Waals surface area contributed by atoms with Crippen LogP contribution in [0.25, 0.3) is 0 Å². The van der Waals surface area contributed by atoms with Crippen molar-refractivity contribution in [2.75, 3.05) is 43.5 Å². The Bertz CT molecular complexity index is 810. The fourth-order valence-electron chi connectivity index (χ4n) is 2.59. The van der Waals surface area contributed by atoms with Crippen LogP contribution in [0.5, 0.6) is 11.5 Å². The van der Waals surface area contributed by atoms with Gasteiger partial charge in [0.2, 0.25) is 0 Å². The number of nitrogens with zero attached hydrogens (tertiary/aromatic N) is 5. The van der Waals surface area contributed by atoms with Crippen LogP contribution in [-0.4, -0.2) is 49.6 Å². The standard InChI is InChI=1S/C16H16FN5O3/c1-23-12-3-2-11-9-19-22(25-14(11)8-12)16-18-10-13(17)15(20-16)21-4-6-24-7-5-21/h2-3,8-10H,4-7H2,1H3. The Kier molecular flexibility index (Phi) is 4.06. The summed E-state index contributed by atoms with van der Waals surface area (Å²) in [7, 11) is 1.58. The van der Waals surface area contributed by atoms with Gasteiger partial charge in [0.1, 0.15) is 5.75 Å². The fourth-order valence-corrected chi connectivity index (χ4v) is 2.59. The van der Waals surface area contributed by atoms with Crippen molar-refractivity contribution in [2.24, 2.45) is 5.10 Å². The van der Waals surface area contributed by atoms with Gasteiger partial charge in [0, 0.05) is 24.7 Å². The molecule has 0 aliphatic carbocycles. The molecule has 0 atom stereocenters. The van der Waals surface area contributed by atoms with Crippen molar-refractivity contribution >= 4 is 18.0 Å². The van der Waals surface area contributed by atoms with E-state index in [1.165, 1.54) is 0 Å². The first kappa shape index (κ1) is 15.6. The highest BCUT2D eigenvalue weighted by Crippen LogP contribution is 2.29. The van der Waals surface area contributed by atoms with Gasteiger partial charge in [0.15, 0.2) is 17.4 Å². The lowest BCUT2D eigenvalue weighted by molar-refractivity contribution is 0.122. The monoisotopic (exact) mass is 345 g/mol. The lowest BCUT2D eigenvalue weighted by Crippen LogP contribution is -2.38. The van der Waals surface area contributed by atoms with Crippen LogP contribution in [0, 0.1) is 5.82 Å². The molecular formula is C16H16FN5O3. The summed E-state index contributed by atoms with van der Waals surface area (Å²) >= 11 is 0. The van der Waals surface area contributed by atoms with Gasteiger partial charge in [0.25, 0.3) is 5.95 Å². The molecule has 2 aromatic rings. The van der Waals surface area contributed by atoms with Gasteiger partial charge < -0.3 is 19.2 Å². The Hall–Kier alpha value is -2.94. The van der Waals surface area contributed by atoms with Gasteiger partial charge in [-0.15, -0.1) is 5.10 Å². The van der Waals surface area contributed by atoms with Crippen molar-refractivity contribution in [3.8, 4) is 11.5 Å². The van der Waals surface area contributed by atoms with Gasteiger partial charge in [-0.3, -0.25) is 0 Å². The molecule has 0 spiro atoms. The minimum atomic E-state index is -0.492. The summed E-state index contributed by atoms with van der Waals surface area (Å²) in [6.07, 6.45) is 2.74. The number of benzene rings is 1. The van der Waals surface area contributed by atoms with Crippen LogP contribution in [0.3, 0.4) is 0 Å². The smallest absolute Gasteiger partial charge is 0.287 e. The van der Waals surface area contributed by atoms with Crippen molar-refractivity contribution in [1.29, 1.82) is 0 Å². The second-order valence-electron chi connectivity index (χ2n) is 5.45. The van der Waals surface area contributed by atoms with Gasteiger partial charge in [-0.25, -0.2) is 9.37 Å². The summed E-state index contributed by atoms with van der Waals surface area (Å²) in [5, 5.41) is 5.32. The maximum Gasteiger partial charge on any atom is 0.287 e. The van der Waals surface area contributed by atoms with E-state index in [0.29, 0.717) is 37.8 Å². The molecule has 0 N–H and O–H groups in total. The lowest BCUT2D eigenvalue weighted by atomic mass is 10.2. The minimum Gasteiger partial charge on any atom is -0.497 e. The summed E-state index contributed by atoms with van der Waals surface area (Å²) in [5.74, 6) is 1.07. The van der Waals surface area contributed by atoms with Crippen LogP contribution in [0.15, 0.2) is 29.5 Å². The molecule has 0 unspecified atom stereocenters. The number of anilines is 2. The number of fused-ring (bicyclic) bond motifs is 1. The molecule has 2 aliphatic heterocycles. The number of halogens is 1. The maximum absolute atomic E-state index is 14.1. The summed E-state index contributed by atoms with van der Waals surface area (Å²) in [4.78, 5) is 15.8. The van der Waals surface area contributed by atoms with E-state index in [-0.39, 0.29) is 11.8 Å². The highest BCUT2D eigenvalue weighted by atomic mass is 19.1. The summed E-state index contributed by atoms with van der Waals surface area (Å²) < 4.78 is 24.6. The number of morpholine rings is 1. The highest BCUT2D eigenvalue weighted by molar-refractivity contribution is 5.85. The van der Waals surface area contributed by atoms with Gasteiger partial charge in [-0.1, -0.05) is 5.17 Å². The van der Waals surface area contributed by atoms with E-state index in [1.807, 2.05) is 17.0 Å². The normalized spacial score (nSPS) is 16.4. The third kappa shape index (κ3) is 3.05. The minimum absolute atomic E-state index is 0.146. The quantitative estimate of drug-likeness (QED) is 0.837. The topological polar surface area (TPSA) is 72.3 Å². The molecule has 1 aromatic heterocycles. The molecule has 0 radical (unpaired) electrons. The van der Waals surface area contributed by atoms with E-state index in [0.717, 1.165) is 16.9 Å². The van der Waals surface area contributed by atoms with Crippen molar-refractivity contribution < 1.29 is 18.7 Å². The molecule has 0 saturated carbocycles. The SMILES string of the molecule is COc1ccc2c(c1)ON(c1ncc(F)c(N3CCOCC3)n1)N=C2. The number of ether oxygens (including phenoxy) is 2. The average Bonchev–Trinajstić information content (AvgIpc) is 2.68. The van der Waals surface area contributed by atoms with Crippen molar-refractivity contribution in [3.05, 3.63) is 35.8 Å². The molecule has 25 heavy (non-hydrogen) atoms. The second kappa shape index (κ2) is 6.52. The zero-order valence-corrected chi connectivity index (χ0v) is 13.6. The van der Waals surface area contributed by atoms with Crippen LogP contribution in [0.1, 0.15) is 5.56 Å². The molecule has 130 valence electrons. The molecule has 1 fully saturated rings. The van der Waals surface area contributed by atoms with E-state index < -0.39 is 5.82 Å². The molecule has 0 bridgehead atoms. The molecule has 1 aromatic carbocycles. The first-order valence-electron chi connectivity index (χ1n) is 7.80. The zero-order valence-electron chi connectivity index (χ0n) is 13.6. The zero-order chi connectivity index (χ0) is 17.2. The van der Waals surface area contributed by atoms with Gasteiger partial charge in [-0.2, -0.15) is 4.98 Å². The molecule has 8 nitrogen and oxygen atoms in total. The Labute approximate surface area is 143 Å². The first-order chi connectivity index (χ1) is 12.2.